The fourth-order valence-corrected chi connectivity index (χ4v) is 2.29. The van der Waals surface area contributed by atoms with E-state index >= 15 is 0 Å². The fraction of sp³-hybridized carbons (Fsp3) is 0.133. The first-order chi connectivity index (χ1) is 9.99. The highest BCUT2D eigenvalue weighted by Crippen LogP contribution is 2.37. The molecule has 0 saturated carbocycles. The van der Waals surface area contributed by atoms with Crippen molar-refractivity contribution in [1.82, 2.24) is 9.97 Å². The van der Waals surface area contributed by atoms with Crippen LogP contribution in [0, 0.1) is 0 Å². The molecule has 2 N–H and O–H groups in total. The predicted molar refractivity (Wildman–Crippen MR) is 72.5 cm³/mol. The monoisotopic (exact) mass is 292 g/mol. The summed E-state index contributed by atoms with van der Waals surface area (Å²) in [4.78, 5) is 6.98. The van der Waals surface area contributed by atoms with Gasteiger partial charge in [-0.3, -0.25) is 0 Å². The number of hydrogen-bond acceptors (Lipinski definition) is 2. The summed E-state index contributed by atoms with van der Waals surface area (Å²) in [6, 6.07) is 10.3. The Morgan fingerprint density at radius 1 is 1.10 bits per heavy atom. The van der Waals surface area contributed by atoms with E-state index in [0.29, 0.717) is 22.4 Å². The van der Waals surface area contributed by atoms with Gasteiger partial charge in [-0.2, -0.15) is 13.2 Å². The lowest BCUT2D eigenvalue weighted by molar-refractivity contribution is -0.137. The number of hydrogen-bond donors (Lipinski definition) is 2. The normalized spacial score (nSPS) is 12.0. The molecule has 6 heteroatoms. The number of fused-ring (bicyclic) bond motifs is 1. The van der Waals surface area contributed by atoms with Crippen molar-refractivity contribution in [1.29, 1.82) is 0 Å². The molecular weight excluding hydrogens is 281 g/mol. The number of nitrogens with zero attached hydrogens (tertiary/aromatic N) is 1. The van der Waals surface area contributed by atoms with Crippen LogP contribution in [0.3, 0.4) is 0 Å². The SMILES string of the molecule is OCc1nc2ccc(-c3ccccc3C(F)(F)F)cc2[nH]1. The van der Waals surface area contributed by atoms with Crippen molar-refractivity contribution in [3.63, 3.8) is 0 Å². The first-order valence-electron chi connectivity index (χ1n) is 6.25. The maximum absolute atomic E-state index is 13.1. The summed E-state index contributed by atoms with van der Waals surface area (Å²) in [6.07, 6.45) is -4.41. The van der Waals surface area contributed by atoms with Crippen LogP contribution in [-0.4, -0.2) is 15.1 Å². The maximum Gasteiger partial charge on any atom is 0.417 e. The third-order valence-electron chi connectivity index (χ3n) is 3.22. The zero-order valence-corrected chi connectivity index (χ0v) is 10.8. The summed E-state index contributed by atoms with van der Waals surface area (Å²) in [5.41, 5.74) is 1.09. The molecule has 0 saturated heterocycles. The summed E-state index contributed by atoms with van der Waals surface area (Å²) in [7, 11) is 0. The summed E-state index contributed by atoms with van der Waals surface area (Å²) in [5.74, 6) is 0.381. The zero-order valence-electron chi connectivity index (χ0n) is 10.8. The Hall–Kier alpha value is -2.34. The van der Waals surface area contributed by atoms with Crippen LogP contribution >= 0.6 is 0 Å². The van der Waals surface area contributed by atoms with Gasteiger partial charge in [0.2, 0.25) is 0 Å². The highest BCUT2D eigenvalue weighted by Gasteiger charge is 2.33. The Kier molecular flexibility index (Phi) is 3.17. The standard InChI is InChI=1S/C15H11F3N2O/c16-15(17,18)11-4-2-1-3-10(11)9-5-6-12-13(7-9)20-14(8-21)19-12/h1-7,21H,8H2,(H,19,20). The predicted octanol–water partition coefficient (Wildman–Crippen LogP) is 3.74. The van der Waals surface area contributed by atoms with Crippen molar-refractivity contribution in [2.45, 2.75) is 12.8 Å². The molecule has 0 aliphatic rings. The van der Waals surface area contributed by atoms with E-state index in [9.17, 15) is 13.2 Å². The molecule has 0 radical (unpaired) electrons. The topological polar surface area (TPSA) is 48.9 Å². The van der Waals surface area contributed by atoms with E-state index < -0.39 is 11.7 Å². The second-order valence-corrected chi connectivity index (χ2v) is 4.62. The van der Waals surface area contributed by atoms with E-state index in [0.717, 1.165) is 6.07 Å². The van der Waals surface area contributed by atoms with Crippen LogP contribution in [-0.2, 0) is 12.8 Å². The molecule has 0 aliphatic carbocycles. The fourth-order valence-electron chi connectivity index (χ4n) is 2.29. The molecule has 0 bridgehead atoms. The number of H-pyrrole nitrogens is 1. The third-order valence-corrected chi connectivity index (χ3v) is 3.22. The van der Waals surface area contributed by atoms with Gasteiger partial charge in [0.15, 0.2) is 0 Å². The summed E-state index contributed by atoms with van der Waals surface area (Å²) in [5, 5.41) is 9.03. The van der Waals surface area contributed by atoms with E-state index in [2.05, 4.69) is 9.97 Å². The second kappa shape index (κ2) is 4.89. The van der Waals surface area contributed by atoms with Crippen LogP contribution in [0.5, 0.6) is 0 Å². The summed E-state index contributed by atoms with van der Waals surface area (Å²) >= 11 is 0. The molecule has 3 nitrogen and oxygen atoms in total. The number of aromatic nitrogens is 2. The smallest absolute Gasteiger partial charge is 0.388 e. The summed E-state index contributed by atoms with van der Waals surface area (Å²) < 4.78 is 39.2. The quantitative estimate of drug-likeness (QED) is 0.756. The zero-order chi connectivity index (χ0) is 15.0. The molecule has 1 aromatic heterocycles. The van der Waals surface area contributed by atoms with Crippen molar-refractivity contribution in [3.05, 3.63) is 53.9 Å². The van der Waals surface area contributed by atoms with Gasteiger partial charge in [-0.1, -0.05) is 24.3 Å². The molecule has 0 unspecified atom stereocenters. The number of rotatable bonds is 2. The number of benzene rings is 2. The molecule has 3 rings (SSSR count). The van der Waals surface area contributed by atoms with Crippen molar-refractivity contribution in [2.24, 2.45) is 0 Å². The van der Waals surface area contributed by atoms with Gasteiger partial charge in [0.1, 0.15) is 12.4 Å². The number of aromatic amines is 1. The van der Waals surface area contributed by atoms with Crippen molar-refractivity contribution >= 4 is 11.0 Å². The van der Waals surface area contributed by atoms with Gasteiger partial charge in [-0.05, 0) is 29.3 Å². The molecule has 3 aromatic rings. The van der Waals surface area contributed by atoms with Crippen LogP contribution in [0.15, 0.2) is 42.5 Å². The average Bonchev–Trinajstić information content (AvgIpc) is 2.88. The number of aliphatic hydroxyl groups excluding tert-OH is 1. The molecule has 0 fully saturated rings. The van der Waals surface area contributed by atoms with E-state index in [1.165, 1.54) is 12.1 Å². The maximum atomic E-state index is 13.1. The highest BCUT2D eigenvalue weighted by atomic mass is 19.4. The van der Waals surface area contributed by atoms with E-state index in [-0.39, 0.29) is 12.2 Å². The molecule has 1 heterocycles. The molecular formula is C15H11F3N2O. The number of nitrogens with one attached hydrogen (secondary N) is 1. The van der Waals surface area contributed by atoms with E-state index in [1.54, 1.807) is 24.3 Å². The van der Waals surface area contributed by atoms with Gasteiger partial charge in [0, 0.05) is 0 Å². The van der Waals surface area contributed by atoms with Gasteiger partial charge in [-0.25, -0.2) is 4.98 Å². The van der Waals surface area contributed by atoms with Gasteiger partial charge >= 0.3 is 6.18 Å². The first-order valence-corrected chi connectivity index (χ1v) is 6.25. The Labute approximate surface area is 118 Å². The molecule has 21 heavy (non-hydrogen) atoms. The minimum Gasteiger partial charge on any atom is -0.388 e. The van der Waals surface area contributed by atoms with Crippen LogP contribution in [0.1, 0.15) is 11.4 Å². The number of aliphatic hydroxyl groups is 1. The molecule has 0 spiro atoms. The van der Waals surface area contributed by atoms with Gasteiger partial charge in [-0.15, -0.1) is 0 Å². The summed E-state index contributed by atoms with van der Waals surface area (Å²) in [6.45, 7) is -0.247. The largest absolute Gasteiger partial charge is 0.417 e. The van der Waals surface area contributed by atoms with Gasteiger partial charge in [0.25, 0.3) is 0 Å². The van der Waals surface area contributed by atoms with Gasteiger partial charge < -0.3 is 10.1 Å². The second-order valence-electron chi connectivity index (χ2n) is 4.62. The van der Waals surface area contributed by atoms with Crippen molar-refractivity contribution in [2.75, 3.05) is 0 Å². The number of halogens is 3. The van der Waals surface area contributed by atoms with Crippen LogP contribution in [0.25, 0.3) is 22.2 Å². The van der Waals surface area contributed by atoms with Crippen LogP contribution in [0.4, 0.5) is 13.2 Å². The Bertz CT molecular complexity index is 793. The Morgan fingerprint density at radius 2 is 1.86 bits per heavy atom. The van der Waals surface area contributed by atoms with E-state index in [4.69, 9.17) is 5.11 Å². The van der Waals surface area contributed by atoms with Crippen LogP contribution in [0.2, 0.25) is 0 Å². The molecule has 0 aliphatic heterocycles. The lowest BCUT2D eigenvalue weighted by Gasteiger charge is -2.12. The number of imidazole rings is 1. The molecule has 2 aromatic carbocycles. The van der Waals surface area contributed by atoms with E-state index in [1.807, 2.05) is 0 Å². The minimum absolute atomic E-state index is 0.118. The van der Waals surface area contributed by atoms with Gasteiger partial charge in [0.05, 0.1) is 16.6 Å². The third kappa shape index (κ3) is 2.50. The van der Waals surface area contributed by atoms with Crippen LogP contribution < -0.4 is 0 Å². The average molecular weight is 292 g/mol. The van der Waals surface area contributed by atoms with Crippen molar-refractivity contribution < 1.29 is 18.3 Å². The minimum atomic E-state index is -4.41. The first kappa shape index (κ1) is 13.6. The number of alkyl halides is 3. The lowest BCUT2D eigenvalue weighted by Crippen LogP contribution is -2.06. The molecule has 108 valence electrons. The highest BCUT2D eigenvalue weighted by molar-refractivity contribution is 5.83. The lowest BCUT2D eigenvalue weighted by atomic mass is 9.99. The Morgan fingerprint density at radius 3 is 2.57 bits per heavy atom. The Balaban J connectivity index is 2.16. The molecule has 0 amide bonds. The van der Waals surface area contributed by atoms with Crippen molar-refractivity contribution in [3.8, 4) is 11.1 Å². The molecule has 0 atom stereocenters.